The molecule has 0 saturated heterocycles. The van der Waals surface area contributed by atoms with Crippen molar-refractivity contribution >= 4 is 5.96 Å². The molecule has 1 heterocycles. The Morgan fingerprint density at radius 1 is 1.33 bits per heavy atom. The van der Waals surface area contributed by atoms with Crippen LogP contribution in [0.1, 0.15) is 42.8 Å². The van der Waals surface area contributed by atoms with Crippen LogP contribution in [0.25, 0.3) is 0 Å². The number of aliphatic imine (C=N–C) groups is 1. The topological polar surface area (TPSA) is 54.2 Å². The minimum Gasteiger partial charge on any atom is -0.357 e. The van der Waals surface area contributed by atoms with Crippen molar-refractivity contribution in [3.05, 3.63) is 52.6 Å². The van der Waals surface area contributed by atoms with Gasteiger partial charge in [-0.25, -0.2) is 4.39 Å². The van der Waals surface area contributed by atoms with Crippen LogP contribution in [0.2, 0.25) is 0 Å². The first-order valence-corrected chi connectivity index (χ1v) is 9.69. The Morgan fingerprint density at radius 3 is 2.74 bits per heavy atom. The highest BCUT2D eigenvalue weighted by Gasteiger charge is 2.13. The molecule has 0 amide bonds. The first kappa shape index (κ1) is 20.9. The van der Waals surface area contributed by atoms with Crippen molar-refractivity contribution in [1.29, 1.82) is 0 Å². The summed E-state index contributed by atoms with van der Waals surface area (Å²) in [5.41, 5.74) is 4.59. The van der Waals surface area contributed by atoms with E-state index in [9.17, 15) is 4.39 Å². The molecule has 0 aliphatic carbocycles. The van der Waals surface area contributed by atoms with Gasteiger partial charge in [0, 0.05) is 31.9 Å². The van der Waals surface area contributed by atoms with E-state index in [0.29, 0.717) is 6.54 Å². The molecule has 0 fully saturated rings. The molecule has 27 heavy (non-hydrogen) atoms. The molecule has 0 radical (unpaired) electrons. The van der Waals surface area contributed by atoms with Crippen molar-refractivity contribution in [2.24, 2.45) is 12.0 Å². The first-order chi connectivity index (χ1) is 12.9. The van der Waals surface area contributed by atoms with Gasteiger partial charge in [0.05, 0.1) is 5.69 Å². The number of aromatic nitrogens is 2. The molecule has 2 N–H and O–H groups in total. The predicted octanol–water partition coefficient (Wildman–Crippen LogP) is 3.29. The average molecular weight is 374 g/mol. The predicted molar refractivity (Wildman–Crippen MR) is 110 cm³/mol. The van der Waals surface area contributed by atoms with E-state index in [2.05, 4.69) is 48.4 Å². The van der Waals surface area contributed by atoms with E-state index in [1.54, 1.807) is 12.1 Å². The van der Waals surface area contributed by atoms with Crippen molar-refractivity contribution in [2.45, 2.75) is 53.0 Å². The highest BCUT2D eigenvalue weighted by atomic mass is 19.1. The fraction of sp³-hybridized carbons (Fsp3) is 0.524. The van der Waals surface area contributed by atoms with E-state index < -0.39 is 0 Å². The number of benzene rings is 1. The van der Waals surface area contributed by atoms with Crippen molar-refractivity contribution < 1.29 is 4.39 Å². The number of rotatable bonds is 8. The average Bonchev–Trinajstić information content (AvgIpc) is 2.85. The lowest BCUT2D eigenvalue weighted by atomic mass is 10.1. The quantitative estimate of drug-likeness (QED) is 0.424. The third kappa shape index (κ3) is 6.38. The molecule has 0 spiro atoms. The normalized spacial score (nSPS) is 12.9. The zero-order valence-corrected chi connectivity index (χ0v) is 17.1. The van der Waals surface area contributed by atoms with Crippen LogP contribution in [0.15, 0.2) is 29.3 Å². The molecule has 2 rings (SSSR count). The molecule has 0 bridgehead atoms. The summed E-state index contributed by atoms with van der Waals surface area (Å²) in [5, 5.41) is 11.3. The third-order valence-corrected chi connectivity index (χ3v) is 4.68. The van der Waals surface area contributed by atoms with Gasteiger partial charge in [-0.1, -0.05) is 12.1 Å². The van der Waals surface area contributed by atoms with Crippen LogP contribution in [0.5, 0.6) is 0 Å². The van der Waals surface area contributed by atoms with Crippen LogP contribution in [-0.2, 0) is 19.9 Å². The summed E-state index contributed by atoms with van der Waals surface area (Å²) in [6.07, 6.45) is 2.61. The monoisotopic (exact) mass is 373 g/mol. The summed E-state index contributed by atoms with van der Waals surface area (Å²) in [5.74, 6) is 0.643. The Hall–Kier alpha value is -2.37. The van der Waals surface area contributed by atoms with E-state index >= 15 is 0 Å². The summed E-state index contributed by atoms with van der Waals surface area (Å²) in [4.78, 5) is 4.66. The van der Waals surface area contributed by atoms with Crippen LogP contribution in [-0.4, -0.2) is 34.9 Å². The van der Waals surface area contributed by atoms with Gasteiger partial charge in [0.15, 0.2) is 5.96 Å². The fourth-order valence-electron chi connectivity index (χ4n) is 3.19. The van der Waals surface area contributed by atoms with Crippen LogP contribution in [0.3, 0.4) is 0 Å². The second-order valence-electron chi connectivity index (χ2n) is 7.02. The van der Waals surface area contributed by atoms with E-state index in [0.717, 1.165) is 43.0 Å². The molecule has 0 saturated carbocycles. The number of nitrogens with zero attached hydrogens (tertiary/aromatic N) is 3. The van der Waals surface area contributed by atoms with Crippen molar-refractivity contribution in [2.75, 3.05) is 13.1 Å². The van der Waals surface area contributed by atoms with Crippen molar-refractivity contribution in [1.82, 2.24) is 20.4 Å². The molecule has 2 aromatic rings. The maximum atomic E-state index is 13.2. The van der Waals surface area contributed by atoms with Gasteiger partial charge in [0.1, 0.15) is 5.82 Å². The Labute approximate surface area is 162 Å². The number of nitrogens with one attached hydrogen (secondary N) is 2. The zero-order valence-electron chi connectivity index (χ0n) is 17.1. The zero-order chi connectivity index (χ0) is 19.8. The third-order valence-electron chi connectivity index (χ3n) is 4.68. The fourth-order valence-corrected chi connectivity index (χ4v) is 3.19. The van der Waals surface area contributed by atoms with Gasteiger partial charge in [0.2, 0.25) is 0 Å². The van der Waals surface area contributed by atoms with Gasteiger partial charge in [-0.2, -0.15) is 5.10 Å². The molecule has 1 aromatic heterocycles. The maximum absolute atomic E-state index is 13.2. The Bertz CT molecular complexity index is 766. The van der Waals surface area contributed by atoms with Crippen LogP contribution >= 0.6 is 0 Å². The number of guanidine groups is 1. The minimum atomic E-state index is -0.180. The number of aryl methyl sites for hydroxylation is 3. The van der Waals surface area contributed by atoms with Crippen LogP contribution in [0, 0.1) is 19.7 Å². The second-order valence-corrected chi connectivity index (χ2v) is 7.02. The largest absolute Gasteiger partial charge is 0.357 e. The van der Waals surface area contributed by atoms with Crippen molar-refractivity contribution in [3.63, 3.8) is 0 Å². The summed E-state index contributed by atoms with van der Waals surface area (Å²) >= 11 is 0. The number of halogens is 1. The lowest BCUT2D eigenvalue weighted by Crippen LogP contribution is -2.43. The van der Waals surface area contributed by atoms with Crippen LogP contribution in [0.4, 0.5) is 4.39 Å². The van der Waals surface area contributed by atoms with E-state index in [-0.39, 0.29) is 11.9 Å². The maximum Gasteiger partial charge on any atom is 0.191 e. The molecule has 0 aliphatic heterocycles. The summed E-state index contributed by atoms with van der Waals surface area (Å²) < 4.78 is 15.2. The molecular formula is C21H32FN5. The summed E-state index contributed by atoms with van der Waals surface area (Å²) in [6.45, 7) is 9.89. The second kappa shape index (κ2) is 10.1. The smallest absolute Gasteiger partial charge is 0.191 e. The Balaban J connectivity index is 1.88. The van der Waals surface area contributed by atoms with Gasteiger partial charge in [-0.3, -0.25) is 9.67 Å². The lowest BCUT2D eigenvalue weighted by Gasteiger charge is -2.18. The first-order valence-electron chi connectivity index (χ1n) is 9.69. The highest BCUT2D eigenvalue weighted by Crippen LogP contribution is 2.14. The Morgan fingerprint density at radius 2 is 2.11 bits per heavy atom. The number of hydrogen-bond donors (Lipinski definition) is 2. The molecule has 1 aromatic carbocycles. The lowest BCUT2D eigenvalue weighted by molar-refractivity contribution is 0.624. The van der Waals surface area contributed by atoms with Gasteiger partial charge in [0.25, 0.3) is 0 Å². The standard InChI is InChI=1S/C21H32FN5/c1-6-23-21(24-12-8-10-18-9-7-11-19(22)14-18)25-15(2)13-20-16(3)26-27(5)17(20)4/h7,9,11,14-15H,6,8,10,12-13H2,1-5H3,(H2,23,24,25). The molecule has 6 heteroatoms. The van der Waals surface area contributed by atoms with Gasteiger partial charge in [-0.05, 0) is 70.2 Å². The summed E-state index contributed by atoms with van der Waals surface area (Å²) in [6, 6.07) is 7.02. The molecule has 148 valence electrons. The molecule has 0 aliphatic rings. The molecular weight excluding hydrogens is 341 g/mol. The van der Waals surface area contributed by atoms with Gasteiger partial charge >= 0.3 is 0 Å². The summed E-state index contributed by atoms with van der Waals surface area (Å²) in [7, 11) is 1.98. The number of hydrogen-bond acceptors (Lipinski definition) is 2. The van der Waals surface area contributed by atoms with E-state index in [4.69, 9.17) is 0 Å². The van der Waals surface area contributed by atoms with Crippen molar-refractivity contribution in [3.8, 4) is 0 Å². The highest BCUT2D eigenvalue weighted by molar-refractivity contribution is 5.80. The molecule has 5 nitrogen and oxygen atoms in total. The minimum absolute atomic E-state index is 0.180. The Kier molecular flexibility index (Phi) is 7.82. The molecule has 1 atom stereocenters. The van der Waals surface area contributed by atoms with Gasteiger partial charge in [-0.15, -0.1) is 0 Å². The van der Waals surface area contributed by atoms with Gasteiger partial charge < -0.3 is 10.6 Å². The van der Waals surface area contributed by atoms with E-state index in [1.807, 2.05) is 17.8 Å². The van der Waals surface area contributed by atoms with E-state index in [1.165, 1.54) is 17.3 Å². The van der Waals surface area contributed by atoms with Crippen LogP contribution < -0.4 is 10.6 Å². The SMILES string of the molecule is CCNC(=NCCCc1cccc(F)c1)NC(C)Cc1c(C)nn(C)c1C. The molecule has 1 unspecified atom stereocenters.